The number of carbonyl (C=O) groups is 1. The number of rotatable bonds is 2. The standard InChI is InChI=1S/C7H10N2O2/c1-5(10)6(4-8)7(9-2)11-3/h6H,1-3H3. The first-order valence-corrected chi connectivity index (χ1v) is 3.08. The van der Waals surface area contributed by atoms with Crippen LogP contribution in [0, 0.1) is 17.2 Å². The monoisotopic (exact) mass is 154 g/mol. The van der Waals surface area contributed by atoms with E-state index in [1.165, 1.54) is 21.1 Å². The number of ketones is 1. The van der Waals surface area contributed by atoms with E-state index in [0.29, 0.717) is 0 Å². The van der Waals surface area contributed by atoms with Gasteiger partial charge in [0.25, 0.3) is 0 Å². The van der Waals surface area contributed by atoms with Crippen molar-refractivity contribution in [3.63, 3.8) is 0 Å². The van der Waals surface area contributed by atoms with Crippen LogP contribution < -0.4 is 0 Å². The van der Waals surface area contributed by atoms with Crippen LogP contribution in [0.5, 0.6) is 0 Å². The fourth-order valence-corrected chi connectivity index (χ4v) is 0.658. The van der Waals surface area contributed by atoms with Gasteiger partial charge in [-0.3, -0.25) is 9.79 Å². The molecule has 0 aliphatic carbocycles. The van der Waals surface area contributed by atoms with Crippen molar-refractivity contribution in [3.8, 4) is 6.07 Å². The maximum Gasteiger partial charge on any atom is 0.208 e. The number of methoxy groups -OCH3 is 1. The van der Waals surface area contributed by atoms with Crippen LogP contribution in [0.1, 0.15) is 6.92 Å². The first kappa shape index (κ1) is 9.63. The summed E-state index contributed by atoms with van der Waals surface area (Å²) in [4.78, 5) is 14.4. The molecule has 0 aromatic rings. The van der Waals surface area contributed by atoms with Crippen LogP contribution in [-0.2, 0) is 9.53 Å². The summed E-state index contributed by atoms with van der Waals surface area (Å²) in [7, 11) is 2.86. The Hall–Kier alpha value is -1.37. The molecule has 0 amide bonds. The smallest absolute Gasteiger partial charge is 0.208 e. The van der Waals surface area contributed by atoms with Gasteiger partial charge in [-0.05, 0) is 6.92 Å². The summed E-state index contributed by atoms with van der Waals surface area (Å²) < 4.78 is 4.72. The van der Waals surface area contributed by atoms with Gasteiger partial charge >= 0.3 is 0 Å². The Morgan fingerprint density at radius 1 is 1.73 bits per heavy atom. The van der Waals surface area contributed by atoms with E-state index >= 15 is 0 Å². The molecule has 0 aliphatic heterocycles. The Morgan fingerprint density at radius 2 is 2.27 bits per heavy atom. The number of hydrogen-bond donors (Lipinski definition) is 0. The quantitative estimate of drug-likeness (QED) is 0.427. The van der Waals surface area contributed by atoms with Gasteiger partial charge in [-0.15, -0.1) is 0 Å². The van der Waals surface area contributed by atoms with Crippen LogP contribution in [0.25, 0.3) is 0 Å². The average molecular weight is 154 g/mol. The Labute approximate surface area is 65.5 Å². The van der Waals surface area contributed by atoms with E-state index in [2.05, 4.69) is 4.99 Å². The predicted molar refractivity (Wildman–Crippen MR) is 40.2 cm³/mol. The average Bonchev–Trinajstić information content (AvgIpc) is 1.99. The minimum absolute atomic E-state index is 0.167. The highest BCUT2D eigenvalue weighted by atomic mass is 16.5. The van der Waals surface area contributed by atoms with Crippen molar-refractivity contribution >= 4 is 11.7 Å². The number of nitriles is 1. The van der Waals surface area contributed by atoms with Gasteiger partial charge < -0.3 is 4.74 Å². The second-order valence-electron chi connectivity index (χ2n) is 1.94. The minimum Gasteiger partial charge on any atom is -0.483 e. The summed E-state index contributed by atoms with van der Waals surface area (Å²) in [5.41, 5.74) is 0. The van der Waals surface area contributed by atoms with Crippen molar-refractivity contribution in [2.45, 2.75) is 6.92 Å². The SMILES string of the molecule is CN=C(OC)C(C#N)C(C)=O. The maximum absolute atomic E-state index is 10.8. The van der Waals surface area contributed by atoms with Crippen LogP contribution in [0.2, 0.25) is 0 Å². The molecule has 0 aromatic heterocycles. The van der Waals surface area contributed by atoms with E-state index in [0.717, 1.165) is 0 Å². The lowest BCUT2D eigenvalue weighted by molar-refractivity contribution is -0.117. The molecule has 0 radical (unpaired) electrons. The van der Waals surface area contributed by atoms with Gasteiger partial charge in [0.05, 0.1) is 13.2 Å². The van der Waals surface area contributed by atoms with Crippen molar-refractivity contribution < 1.29 is 9.53 Å². The molecule has 11 heavy (non-hydrogen) atoms. The van der Waals surface area contributed by atoms with Gasteiger partial charge in [0.2, 0.25) is 5.90 Å². The molecule has 0 aliphatic rings. The van der Waals surface area contributed by atoms with Crippen molar-refractivity contribution in [1.82, 2.24) is 0 Å². The van der Waals surface area contributed by atoms with E-state index in [1.54, 1.807) is 6.07 Å². The van der Waals surface area contributed by atoms with Gasteiger partial charge in [0.1, 0.15) is 0 Å². The van der Waals surface area contributed by atoms with Crippen LogP contribution in [0.3, 0.4) is 0 Å². The molecular formula is C7H10N2O2. The maximum atomic E-state index is 10.8. The topological polar surface area (TPSA) is 62.4 Å². The predicted octanol–water partition coefficient (Wildman–Crippen LogP) is 0.390. The molecule has 1 unspecified atom stereocenters. The molecule has 0 saturated carbocycles. The number of carbonyl (C=O) groups excluding carboxylic acids is 1. The molecule has 0 rings (SSSR count). The van der Waals surface area contributed by atoms with Crippen molar-refractivity contribution in [2.24, 2.45) is 10.9 Å². The molecule has 4 nitrogen and oxygen atoms in total. The largest absolute Gasteiger partial charge is 0.483 e. The molecule has 0 bridgehead atoms. The van der Waals surface area contributed by atoms with E-state index in [4.69, 9.17) is 10.00 Å². The highest BCUT2D eigenvalue weighted by Gasteiger charge is 2.20. The third-order valence-electron chi connectivity index (χ3n) is 1.21. The van der Waals surface area contributed by atoms with Crippen LogP contribution in [0.4, 0.5) is 0 Å². The van der Waals surface area contributed by atoms with Gasteiger partial charge in [0.15, 0.2) is 11.7 Å². The van der Waals surface area contributed by atoms with Gasteiger partial charge in [-0.2, -0.15) is 5.26 Å². The molecule has 60 valence electrons. The second-order valence-corrected chi connectivity index (χ2v) is 1.94. The summed E-state index contributed by atoms with van der Waals surface area (Å²) in [6, 6.07) is 1.80. The Balaban J connectivity index is 4.52. The molecule has 4 heteroatoms. The van der Waals surface area contributed by atoms with Crippen molar-refractivity contribution in [3.05, 3.63) is 0 Å². The zero-order valence-corrected chi connectivity index (χ0v) is 6.79. The minimum atomic E-state index is -0.856. The zero-order valence-electron chi connectivity index (χ0n) is 6.79. The molecular weight excluding hydrogens is 144 g/mol. The highest BCUT2D eigenvalue weighted by Crippen LogP contribution is 2.00. The summed E-state index contributed by atoms with van der Waals surface area (Å²) in [6.45, 7) is 1.33. The molecule has 0 N–H and O–H groups in total. The number of ether oxygens (including phenoxy) is 1. The fourth-order valence-electron chi connectivity index (χ4n) is 0.658. The summed E-state index contributed by atoms with van der Waals surface area (Å²) in [5.74, 6) is -0.944. The van der Waals surface area contributed by atoms with E-state index in [9.17, 15) is 4.79 Å². The Kier molecular flexibility index (Phi) is 3.89. The van der Waals surface area contributed by atoms with Crippen LogP contribution in [0.15, 0.2) is 4.99 Å². The van der Waals surface area contributed by atoms with E-state index in [-0.39, 0.29) is 11.7 Å². The number of aliphatic imine (C=N–C) groups is 1. The van der Waals surface area contributed by atoms with E-state index in [1.807, 2.05) is 0 Å². The number of hydrogen-bond acceptors (Lipinski definition) is 4. The molecule has 0 saturated heterocycles. The normalized spacial score (nSPS) is 13.5. The number of nitrogens with zero attached hydrogens (tertiary/aromatic N) is 2. The third kappa shape index (κ3) is 2.38. The number of Topliss-reactive ketones (excluding diaryl/α,β-unsaturated/α-hetero) is 1. The summed E-state index contributed by atoms with van der Waals surface area (Å²) in [5, 5.41) is 8.50. The van der Waals surface area contributed by atoms with Gasteiger partial charge in [-0.1, -0.05) is 0 Å². The van der Waals surface area contributed by atoms with Crippen LogP contribution >= 0.6 is 0 Å². The van der Waals surface area contributed by atoms with Gasteiger partial charge in [-0.25, -0.2) is 0 Å². The molecule has 0 spiro atoms. The molecule has 0 aromatic carbocycles. The first-order chi connectivity index (χ1) is 5.17. The zero-order chi connectivity index (χ0) is 8.85. The Bertz CT molecular complexity index is 215. The summed E-state index contributed by atoms with van der Waals surface area (Å²) >= 11 is 0. The third-order valence-corrected chi connectivity index (χ3v) is 1.21. The fraction of sp³-hybridized carbons (Fsp3) is 0.571. The van der Waals surface area contributed by atoms with Crippen molar-refractivity contribution in [2.75, 3.05) is 14.2 Å². The molecule has 0 fully saturated rings. The van der Waals surface area contributed by atoms with E-state index < -0.39 is 5.92 Å². The highest BCUT2D eigenvalue weighted by molar-refractivity contribution is 6.02. The lowest BCUT2D eigenvalue weighted by Crippen LogP contribution is -2.21. The molecule has 0 heterocycles. The van der Waals surface area contributed by atoms with Gasteiger partial charge in [0, 0.05) is 7.05 Å². The molecule has 1 atom stereocenters. The second kappa shape index (κ2) is 4.45. The Morgan fingerprint density at radius 3 is 2.36 bits per heavy atom. The lowest BCUT2D eigenvalue weighted by Gasteiger charge is -2.05. The van der Waals surface area contributed by atoms with Crippen LogP contribution in [-0.4, -0.2) is 25.8 Å². The van der Waals surface area contributed by atoms with Crippen molar-refractivity contribution in [1.29, 1.82) is 5.26 Å². The lowest BCUT2D eigenvalue weighted by atomic mass is 10.1. The first-order valence-electron chi connectivity index (χ1n) is 3.08. The summed E-state index contributed by atoms with van der Waals surface area (Å²) in [6.07, 6.45) is 0.